The first-order valence-corrected chi connectivity index (χ1v) is 6.98. The normalized spacial score (nSPS) is 11.3. The molecule has 2 aromatic heterocycles. The monoisotopic (exact) mass is 294 g/mol. The number of nitrogens with zero attached hydrogens (tertiary/aromatic N) is 4. The van der Waals surface area contributed by atoms with Crippen LogP contribution in [0.3, 0.4) is 0 Å². The largest absolute Gasteiger partial charge is 0.241 e. The van der Waals surface area contributed by atoms with E-state index in [9.17, 15) is 0 Å². The molecular formula is C16H11ClN4. The lowest BCUT2D eigenvalue weighted by molar-refractivity contribution is 0.879. The van der Waals surface area contributed by atoms with Gasteiger partial charge in [-0.25, -0.2) is 14.6 Å². The number of fused-ring (bicyclic) bond motifs is 2. The zero-order chi connectivity index (χ0) is 14.4. The quantitative estimate of drug-likeness (QED) is 0.534. The molecule has 0 aliphatic carbocycles. The minimum Gasteiger partial charge on any atom is -0.241 e. The van der Waals surface area contributed by atoms with Gasteiger partial charge in [-0.2, -0.15) is 5.10 Å². The van der Waals surface area contributed by atoms with Gasteiger partial charge in [-0.15, -0.1) is 0 Å². The van der Waals surface area contributed by atoms with Gasteiger partial charge in [0.2, 0.25) is 0 Å². The average molecular weight is 295 g/mol. The number of hydrogen-bond donors (Lipinski definition) is 0. The summed E-state index contributed by atoms with van der Waals surface area (Å²) in [7, 11) is 0. The fraction of sp³-hybridized carbons (Fsp3) is 0.0625. The van der Waals surface area contributed by atoms with Crippen molar-refractivity contribution in [3.63, 3.8) is 0 Å². The third kappa shape index (κ3) is 1.96. The number of halogens is 1. The predicted molar refractivity (Wildman–Crippen MR) is 83.9 cm³/mol. The van der Waals surface area contributed by atoms with E-state index in [2.05, 4.69) is 10.1 Å². The van der Waals surface area contributed by atoms with Crippen LogP contribution in [0, 0.1) is 6.92 Å². The Bertz CT molecular complexity index is 957. The molecular weight excluding hydrogens is 284 g/mol. The average Bonchev–Trinajstić information content (AvgIpc) is 2.83. The maximum atomic E-state index is 5.94. The number of aryl methyl sites for hydroxylation is 1. The van der Waals surface area contributed by atoms with Crippen LogP contribution < -0.4 is 0 Å². The van der Waals surface area contributed by atoms with E-state index in [-0.39, 0.29) is 0 Å². The molecule has 4 aromatic rings. The third-order valence-corrected chi connectivity index (χ3v) is 3.67. The minimum atomic E-state index is 0.698. The van der Waals surface area contributed by atoms with Crippen LogP contribution in [0.15, 0.2) is 48.5 Å². The van der Waals surface area contributed by atoms with Crippen LogP contribution in [-0.4, -0.2) is 19.7 Å². The summed E-state index contributed by atoms with van der Waals surface area (Å²) >= 11 is 5.94. The molecule has 0 aliphatic heterocycles. The molecule has 0 bridgehead atoms. The highest BCUT2D eigenvalue weighted by atomic mass is 35.5. The molecule has 0 unspecified atom stereocenters. The Kier molecular flexibility index (Phi) is 2.65. The van der Waals surface area contributed by atoms with Gasteiger partial charge in [-0.05, 0) is 43.3 Å². The number of para-hydroxylation sites is 2. The summed E-state index contributed by atoms with van der Waals surface area (Å²) in [5, 5.41) is 5.26. The van der Waals surface area contributed by atoms with Gasteiger partial charge < -0.3 is 0 Å². The van der Waals surface area contributed by atoms with Gasteiger partial charge in [0, 0.05) is 5.02 Å². The van der Waals surface area contributed by atoms with Gasteiger partial charge in [0.15, 0.2) is 5.65 Å². The molecule has 4 rings (SSSR count). The van der Waals surface area contributed by atoms with Crippen molar-refractivity contribution in [2.45, 2.75) is 6.92 Å². The minimum absolute atomic E-state index is 0.698. The Morgan fingerprint density at radius 2 is 1.57 bits per heavy atom. The SMILES string of the molecule is Cc1nn(-c2ccc(Cl)cc2)c2nc3ccccc3nc12. The first-order valence-electron chi connectivity index (χ1n) is 6.60. The lowest BCUT2D eigenvalue weighted by Gasteiger charge is -2.03. The molecule has 2 aromatic carbocycles. The number of benzene rings is 2. The van der Waals surface area contributed by atoms with Crippen LogP contribution in [0.2, 0.25) is 5.02 Å². The summed E-state index contributed by atoms with van der Waals surface area (Å²) in [5.74, 6) is 0. The maximum absolute atomic E-state index is 5.94. The molecule has 21 heavy (non-hydrogen) atoms. The van der Waals surface area contributed by atoms with Crippen molar-refractivity contribution >= 4 is 33.8 Å². The first kappa shape index (κ1) is 12.3. The van der Waals surface area contributed by atoms with Crippen LogP contribution in [0.4, 0.5) is 0 Å². The molecule has 0 atom stereocenters. The lowest BCUT2D eigenvalue weighted by Crippen LogP contribution is -1.98. The summed E-state index contributed by atoms with van der Waals surface area (Å²) in [6, 6.07) is 15.4. The third-order valence-electron chi connectivity index (χ3n) is 3.42. The van der Waals surface area contributed by atoms with Crippen molar-refractivity contribution in [3.8, 4) is 5.69 Å². The smallest absolute Gasteiger partial charge is 0.182 e. The molecule has 0 amide bonds. The highest BCUT2D eigenvalue weighted by Gasteiger charge is 2.13. The Morgan fingerprint density at radius 1 is 0.905 bits per heavy atom. The molecule has 0 radical (unpaired) electrons. The van der Waals surface area contributed by atoms with E-state index in [0.717, 1.165) is 33.6 Å². The highest BCUT2D eigenvalue weighted by Crippen LogP contribution is 2.22. The second-order valence-electron chi connectivity index (χ2n) is 4.86. The van der Waals surface area contributed by atoms with Gasteiger partial charge in [0.1, 0.15) is 5.52 Å². The Morgan fingerprint density at radius 3 is 2.29 bits per heavy atom. The predicted octanol–water partition coefficient (Wildman–Crippen LogP) is 3.93. The molecule has 0 saturated heterocycles. The summed E-state index contributed by atoms with van der Waals surface area (Å²) < 4.78 is 1.81. The molecule has 0 aliphatic rings. The van der Waals surface area contributed by atoms with Crippen LogP contribution in [0.5, 0.6) is 0 Å². The Labute approximate surface area is 126 Å². The molecule has 2 heterocycles. The summed E-state index contributed by atoms with van der Waals surface area (Å²) in [6.45, 7) is 1.94. The van der Waals surface area contributed by atoms with Gasteiger partial charge >= 0.3 is 0 Å². The number of rotatable bonds is 1. The Balaban J connectivity index is 2.05. The topological polar surface area (TPSA) is 43.6 Å². The second kappa shape index (κ2) is 4.53. The van der Waals surface area contributed by atoms with Crippen molar-refractivity contribution in [1.29, 1.82) is 0 Å². The standard InChI is InChI=1S/C16H11ClN4/c1-10-15-16(19-14-5-3-2-4-13(14)18-15)21(20-10)12-8-6-11(17)7-9-12/h2-9H,1H3. The van der Waals surface area contributed by atoms with Crippen LogP contribution >= 0.6 is 11.6 Å². The van der Waals surface area contributed by atoms with E-state index in [1.807, 2.05) is 55.5 Å². The molecule has 0 fully saturated rings. The molecule has 0 N–H and O–H groups in total. The molecule has 5 heteroatoms. The van der Waals surface area contributed by atoms with Gasteiger partial charge in [-0.1, -0.05) is 23.7 Å². The van der Waals surface area contributed by atoms with E-state index in [4.69, 9.17) is 16.6 Å². The van der Waals surface area contributed by atoms with Crippen LogP contribution in [0.1, 0.15) is 5.69 Å². The second-order valence-corrected chi connectivity index (χ2v) is 5.29. The van der Waals surface area contributed by atoms with E-state index < -0.39 is 0 Å². The van der Waals surface area contributed by atoms with E-state index in [1.54, 1.807) is 4.68 Å². The number of aromatic nitrogens is 4. The van der Waals surface area contributed by atoms with Gasteiger partial charge in [0.25, 0.3) is 0 Å². The number of hydrogen-bond acceptors (Lipinski definition) is 3. The molecule has 0 spiro atoms. The van der Waals surface area contributed by atoms with E-state index >= 15 is 0 Å². The van der Waals surface area contributed by atoms with Crippen LogP contribution in [0.25, 0.3) is 27.9 Å². The zero-order valence-corrected chi connectivity index (χ0v) is 12.0. The van der Waals surface area contributed by atoms with E-state index in [0.29, 0.717) is 5.02 Å². The van der Waals surface area contributed by atoms with E-state index in [1.165, 1.54) is 0 Å². The fourth-order valence-corrected chi connectivity index (χ4v) is 2.51. The highest BCUT2D eigenvalue weighted by molar-refractivity contribution is 6.30. The van der Waals surface area contributed by atoms with Gasteiger partial charge in [0.05, 0.1) is 22.4 Å². The summed E-state index contributed by atoms with van der Waals surface area (Å²) in [4.78, 5) is 9.37. The molecule has 102 valence electrons. The zero-order valence-electron chi connectivity index (χ0n) is 11.3. The first-order chi connectivity index (χ1) is 10.2. The maximum Gasteiger partial charge on any atom is 0.182 e. The fourth-order valence-electron chi connectivity index (χ4n) is 2.39. The summed E-state index contributed by atoms with van der Waals surface area (Å²) in [5.41, 5.74) is 5.10. The van der Waals surface area contributed by atoms with Crippen molar-refractivity contribution in [2.24, 2.45) is 0 Å². The van der Waals surface area contributed by atoms with Gasteiger partial charge in [-0.3, -0.25) is 0 Å². The van der Waals surface area contributed by atoms with Crippen molar-refractivity contribution in [1.82, 2.24) is 19.7 Å². The molecule has 4 nitrogen and oxygen atoms in total. The van der Waals surface area contributed by atoms with Crippen molar-refractivity contribution < 1.29 is 0 Å². The van der Waals surface area contributed by atoms with Crippen LogP contribution in [-0.2, 0) is 0 Å². The summed E-state index contributed by atoms with van der Waals surface area (Å²) in [6.07, 6.45) is 0. The Hall–Kier alpha value is -2.46. The van der Waals surface area contributed by atoms with Crippen molar-refractivity contribution in [2.75, 3.05) is 0 Å². The molecule has 0 saturated carbocycles. The lowest BCUT2D eigenvalue weighted by atomic mass is 10.3. The van der Waals surface area contributed by atoms with Crippen molar-refractivity contribution in [3.05, 3.63) is 59.2 Å².